The highest BCUT2D eigenvalue weighted by Crippen LogP contribution is 2.22. The summed E-state index contributed by atoms with van der Waals surface area (Å²) in [4.78, 5) is 0. The highest BCUT2D eigenvalue weighted by atomic mass is 32.2. The third-order valence-corrected chi connectivity index (χ3v) is 5.79. The van der Waals surface area contributed by atoms with Crippen LogP contribution < -0.4 is 10.5 Å². The fourth-order valence-electron chi connectivity index (χ4n) is 1.70. The summed E-state index contributed by atoms with van der Waals surface area (Å²) in [5.41, 5.74) is 7.25. The number of rotatable bonds is 5. The Morgan fingerprint density at radius 1 is 1.32 bits per heavy atom. The lowest BCUT2D eigenvalue weighted by molar-refractivity contribution is 0.569. The van der Waals surface area contributed by atoms with Gasteiger partial charge in [0.1, 0.15) is 4.21 Å². The highest BCUT2D eigenvalue weighted by molar-refractivity contribution is 7.91. The predicted molar refractivity (Wildman–Crippen MR) is 77.4 cm³/mol. The molecular formula is C13H16N2O2S2. The fourth-order valence-corrected chi connectivity index (χ4v) is 4.17. The summed E-state index contributed by atoms with van der Waals surface area (Å²) in [5.74, 6) is 0. The van der Waals surface area contributed by atoms with Crippen molar-refractivity contribution in [1.29, 1.82) is 0 Å². The number of nitrogens with one attached hydrogen (secondary N) is 1. The van der Waals surface area contributed by atoms with Gasteiger partial charge >= 0.3 is 0 Å². The van der Waals surface area contributed by atoms with E-state index in [9.17, 15) is 8.42 Å². The van der Waals surface area contributed by atoms with Crippen molar-refractivity contribution in [2.45, 2.75) is 23.7 Å². The second-order valence-corrected chi connectivity index (χ2v) is 7.08. The van der Waals surface area contributed by atoms with Crippen molar-refractivity contribution < 1.29 is 8.42 Å². The Labute approximate surface area is 117 Å². The van der Waals surface area contributed by atoms with Crippen LogP contribution in [-0.2, 0) is 16.6 Å². The molecule has 0 amide bonds. The van der Waals surface area contributed by atoms with Gasteiger partial charge in [0.25, 0.3) is 10.0 Å². The molecule has 0 aliphatic heterocycles. The zero-order valence-electron chi connectivity index (χ0n) is 10.5. The van der Waals surface area contributed by atoms with E-state index in [4.69, 9.17) is 5.73 Å². The van der Waals surface area contributed by atoms with Crippen molar-refractivity contribution in [3.05, 3.63) is 52.9 Å². The van der Waals surface area contributed by atoms with Gasteiger partial charge in [-0.05, 0) is 29.5 Å². The van der Waals surface area contributed by atoms with Gasteiger partial charge < -0.3 is 5.73 Å². The van der Waals surface area contributed by atoms with Crippen molar-refractivity contribution in [2.75, 3.05) is 0 Å². The minimum Gasteiger partial charge on any atom is -0.326 e. The standard InChI is InChI=1S/C13H16N2O2S2/c1-10(12-5-3-2-4-6-12)15-19(16,17)13-7-11(8-14)9-18-13/h2-7,9-10,15H,8,14H2,1H3. The molecular weight excluding hydrogens is 280 g/mol. The molecule has 1 heterocycles. The van der Waals surface area contributed by atoms with Gasteiger partial charge in [0, 0.05) is 12.6 Å². The molecule has 2 rings (SSSR count). The van der Waals surface area contributed by atoms with Crippen LogP contribution in [0.4, 0.5) is 0 Å². The summed E-state index contributed by atoms with van der Waals surface area (Å²) in [6, 6.07) is 10.8. The monoisotopic (exact) mass is 296 g/mol. The van der Waals surface area contributed by atoms with Gasteiger partial charge in [-0.15, -0.1) is 11.3 Å². The van der Waals surface area contributed by atoms with E-state index in [1.807, 2.05) is 37.3 Å². The number of nitrogens with two attached hydrogens (primary N) is 1. The van der Waals surface area contributed by atoms with Crippen LogP contribution in [0.25, 0.3) is 0 Å². The van der Waals surface area contributed by atoms with Gasteiger partial charge in [0.05, 0.1) is 0 Å². The molecule has 0 saturated heterocycles. The lowest BCUT2D eigenvalue weighted by Crippen LogP contribution is -2.26. The quantitative estimate of drug-likeness (QED) is 0.889. The molecule has 0 fully saturated rings. The molecule has 1 aromatic carbocycles. The first kappa shape index (κ1) is 14.2. The van der Waals surface area contributed by atoms with E-state index in [0.29, 0.717) is 10.8 Å². The van der Waals surface area contributed by atoms with Crippen molar-refractivity contribution in [2.24, 2.45) is 5.73 Å². The molecule has 0 saturated carbocycles. The topological polar surface area (TPSA) is 72.2 Å². The molecule has 1 unspecified atom stereocenters. The first-order valence-corrected chi connectivity index (χ1v) is 8.24. The molecule has 1 atom stereocenters. The van der Waals surface area contributed by atoms with Gasteiger partial charge in [-0.3, -0.25) is 0 Å². The van der Waals surface area contributed by atoms with Crippen molar-refractivity contribution in [3.63, 3.8) is 0 Å². The average Bonchev–Trinajstić information content (AvgIpc) is 2.89. The maximum Gasteiger partial charge on any atom is 0.250 e. The van der Waals surface area contributed by atoms with Gasteiger partial charge in [-0.1, -0.05) is 30.3 Å². The van der Waals surface area contributed by atoms with Crippen LogP contribution in [-0.4, -0.2) is 8.42 Å². The summed E-state index contributed by atoms with van der Waals surface area (Å²) in [7, 11) is -3.48. The second-order valence-electron chi connectivity index (χ2n) is 4.23. The predicted octanol–water partition coefficient (Wildman–Crippen LogP) is 2.25. The van der Waals surface area contributed by atoms with Crippen LogP contribution in [0, 0.1) is 0 Å². The Morgan fingerprint density at radius 3 is 2.58 bits per heavy atom. The van der Waals surface area contributed by atoms with Crippen LogP contribution in [0.2, 0.25) is 0 Å². The SMILES string of the molecule is CC(NS(=O)(=O)c1cc(CN)cs1)c1ccccc1. The van der Waals surface area contributed by atoms with E-state index in [2.05, 4.69) is 4.72 Å². The van der Waals surface area contributed by atoms with E-state index in [0.717, 1.165) is 11.1 Å². The molecule has 0 aliphatic rings. The molecule has 102 valence electrons. The molecule has 1 aromatic heterocycles. The lowest BCUT2D eigenvalue weighted by atomic mass is 10.1. The molecule has 0 spiro atoms. The zero-order valence-corrected chi connectivity index (χ0v) is 12.2. The Kier molecular flexibility index (Phi) is 4.36. The van der Waals surface area contributed by atoms with Crippen LogP contribution in [0.3, 0.4) is 0 Å². The first-order valence-electron chi connectivity index (χ1n) is 5.87. The summed E-state index contributed by atoms with van der Waals surface area (Å²) in [6.45, 7) is 2.17. The van der Waals surface area contributed by atoms with E-state index in [1.54, 1.807) is 11.4 Å². The molecule has 0 aliphatic carbocycles. The molecule has 19 heavy (non-hydrogen) atoms. The largest absolute Gasteiger partial charge is 0.326 e. The van der Waals surface area contributed by atoms with E-state index in [1.165, 1.54) is 11.3 Å². The molecule has 0 bridgehead atoms. The summed E-state index contributed by atoms with van der Waals surface area (Å²) in [5, 5.41) is 1.77. The maximum absolute atomic E-state index is 12.2. The van der Waals surface area contributed by atoms with Crippen LogP contribution >= 0.6 is 11.3 Å². The maximum atomic E-state index is 12.2. The third kappa shape index (κ3) is 3.42. The Hall–Kier alpha value is -1.21. The zero-order chi connectivity index (χ0) is 13.9. The first-order chi connectivity index (χ1) is 9.03. The number of benzene rings is 1. The van der Waals surface area contributed by atoms with Gasteiger partial charge in [0.15, 0.2) is 0 Å². The number of hydrogen-bond acceptors (Lipinski definition) is 4. The van der Waals surface area contributed by atoms with Crippen molar-refractivity contribution >= 4 is 21.4 Å². The minimum absolute atomic E-state index is 0.269. The third-order valence-electron chi connectivity index (χ3n) is 2.76. The summed E-state index contributed by atoms with van der Waals surface area (Å²) >= 11 is 1.19. The van der Waals surface area contributed by atoms with Crippen LogP contribution in [0.15, 0.2) is 46.0 Å². The molecule has 2 aromatic rings. The lowest BCUT2D eigenvalue weighted by Gasteiger charge is -2.13. The van der Waals surface area contributed by atoms with Crippen molar-refractivity contribution in [3.8, 4) is 0 Å². The minimum atomic E-state index is -3.48. The van der Waals surface area contributed by atoms with Crippen LogP contribution in [0.1, 0.15) is 24.1 Å². The molecule has 3 N–H and O–H groups in total. The molecule has 4 nitrogen and oxygen atoms in total. The van der Waals surface area contributed by atoms with Crippen molar-refractivity contribution in [1.82, 2.24) is 4.72 Å². The Balaban J connectivity index is 2.17. The number of sulfonamides is 1. The van der Waals surface area contributed by atoms with E-state index in [-0.39, 0.29) is 6.04 Å². The fraction of sp³-hybridized carbons (Fsp3) is 0.231. The number of thiophene rings is 1. The van der Waals surface area contributed by atoms with Crippen LogP contribution in [0.5, 0.6) is 0 Å². The van der Waals surface area contributed by atoms with E-state index >= 15 is 0 Å². The summed E-state index contributed by atoms with van der Waals surface area (Å²) in [6.07, 6.45) is 0. The van der Waals surface area contributed by atoms with Gasteiger partial charge in [-0.2, -0.15) is 0 Å². The average molecular weight is 296 g/mol. The smallest absolute Gasteiger partial charge is 0.250 e. The normalized spacial score (nSPS) is 13.4. The highest BCUT2D eigenvalue weighted by Gasteiger charge is 2.20. The molecule has 0 radical (unpaired) electrons. The van der Waals surface area contributed by atoms with E-state index < -0.39 is 10.0 Å². The Bertz CT molecular complexity index is 636. The van der Waals surface area contributed by atoms with Gasteiger partial charge in [0.2, 0.25) is 0 Å². The molecule has 6 heteroatoms. The second kappa shape index (κ2) is 5.83. The summed E-state index contributed by atoms with van der Waals surface area (Å²) < 4.78 is 27.4. The van der Waals surface area contributed by atoms with Gasteiger partial charge in [-0.25, -0.2) is 13.1 Å². The number of hydrogen-bond donors (Lipinski definition) is 2. The Morgan fingerprint density at radius 2 is 2.00 bits per heavy atom.